The Bertz CT molecular complexity index is 444. The number of nitrogens with one attached hydrogen (secondary N) is 1. The topological polar surface area (TPSA) is 35.6 Å². The lowest BCUT2D eigenvalue weighted by Gasteiger charge is -2.34. The fourth-order valence-corrected chi connectivity index (χ4v) is 3.97. The lowest BCUT2D eigenvalue weighted by Crippen LogP contribution is -2.48. The molecule has 1 aromatic rings. The van der Waals surface area contributed by atoms with Crippen molar-refractivity contribution < 1.29 is 4.79 Å². The minimum absolute atomic E-state index is 0. The van der Waals surface area contributed by atoms with Crippen molar-refractivity contribution in [1.82, 2.24) is 15.1 Å². The molecule has 3 rings (SSSR count). The number of carbonyl (C=O) groups excluding carboxylic acids is 1. The highest BCUT2D eigenvalue weighted by atomic mass is 35.5. The van der Waals surface area contributed by atoms with Gasteiger partial charge in [-0.1, -0.05) is 6.07 Å². The van der Waals surface area contributed by atoms with E-state index in [1.807, 2.05) is 11.3 Å². The molecule has 1 atom stereocenters. The maximum Gasteiger partial charge on any atom is 0.222 e. The van der Waals surface area contributed by atoms with Crippen LogP contribution in [0.15, 0.2) is 17.5 Å². The van der Waals surface area contributed by atoms with E-state index in [0.717, 1.165) is 58.7 Å². The van der Waals surface area contributed by atoms with Gasteiger partial charge in [-0.3, -0.25) is 9.69 Å². The summed E-state index contributed by atoms with van der Waals surface area (Å²) in [4.78, 5) is 18.2. The van der Waals surface area contributed by atoms with Crippen molar-refractivity contribution >= 4 is 42.1 Å². The Morgan fingerprint density at radius 3 is 2.65 bits per heavy atom. The highest BCUT2D eigenvalue weighted by Gasteiger charge is 2.22. The second-order valence-corrected chi connectivity index (χ2v) is 7.17. The Balaban J connectivity index is 0.00000132. The van der Waals surface area contributed by atoms with Crippen LogP contribution in [0.4, 0.5) is 0 Å². The van der Waals surface area contributed by atoms with E-state index in [2.05, 4.69) is 32.6 Å². The van der Waals surface area contributed by atoms with Gasteiger partial charge in [0.25, 0.3) is 0 Å². The minimum Gasteiger partial charge on any atom is -0.340 e. The minimum atomic E-state index is 0. The summed E-state index contributed by atoms with van der Waals surface area (Å²) in [5.74, 6) is 1.08. The van der Waals surface area contributed by atoms with Crippen molar-refractivity contribution in [3.05, 3.63) is 22.4 Å². The summed E-state index contributed by atoms with van der Waals surface area (Å²) in [6.07, 6.45) is 3.03. The molecule has 2 fully saturated rings. The number of amides is 1. The van der Waals surface area contributed by atoms with Gasteiger partial charge in [-0.15, -0.1) is 36.2 Å². The first kappa shape index (κ1) is 20.7. The number of carbonyl (C=O) groups is 1. The number of nitrogens with zero attached hydrogens (tertiary/aromatic N) is 2. The Hall–Kier alpha value is -0.330. The molecular formula is C16H27Cl2N3OS. The van der Waals surface area contributed by atoms with Gasteiger partial charge in [0, 0.05) is 44.0 Å². The largest absolute Gasteiger partial charge is 0.340 e. The molecule has 0 aromatic carbocycles. The van der Waals surface area contributed by atoms with Crippen molar-refractivity contribution in [2.75, 3.05) is 39.3 Å². The molecule has 0 spiro atoms. The van der Waals surface area contributed by atoms with Gasteiger partial charge in [-0.25, -0.2) is 0 Å². The summed E-state index contributed by atoms with van der Waals surface area (Å²) >= 11 is 1.82. The Morgan fingerprint density at radius 1 is 1.26 bits per heavy atom. The van der Waals surface area contributed by atoms with Crippen molar-refractivity contribution in [3.8, 4) is 0 Å². The Kier molecular flexibility index (Phi) is 9.47. The zero-order chi connectivity index (χ0) is 14.5. The first-order valence-corrected chi connectivity index (χ1v) is 8.92. The maximum atomic E-state index is 12.3. The van der Waals surface area contributed by atoms with Crippen LogP contribution in [0.5, 0.6) is 0 Å². The number of rotatable bonds is 5. The molecule has 1 N–H and O–H groups in total. The van der Waals surface area contributed by atoms with Crippen molar-refractivity contribution in [1.29, 1.82) is 0 Å². The summed E-state index contributed by atoms with van der Waals surface area (Å²) in [7, 11) is 0. The predicted molar refractivity (Wildman–Crippen MR) is 101 cm³/mol. The third kappa shape index (κ3) is 6.24. The standard InChI is InChI=1S/C16H25N3OS.2ClH/c20-16(4-3-14-5-6-17-12-14)19-9-7-18(8-10-19)13-15-2-1-11-21-15;;/h1-2,11,14,17H,3-10,12-13H2;2*1H. The number of thiophene rings is 1. The number of hydrogen-bond donors (Lipinski definition) is 1. The molecule has 3 heterocycles. The van der Waals surface area contributed by atoms with E-state index in [9.17, 15) is 4.79 Å². The molecule has 132 valence electrons. The molecule has 0 radical (unpaired) electrons. The Morgan fingerprint density at radius 2 is 2.04 bits per heavy atom. The summed E-state index contributed by atoms with van der Waals surface area (Å²) in [6, 6.07) is 4.30. The van der Waals surface area contributed by atoms with Gasteiger partial charge >= 0.3 is 0 Å². The SMILES string of the molecule is Cl.Cl.O=C(CCC1CCNC1)N1CCN(Cc2cccs2)CC1. The second kappa shape index (κ2) is 10.5. The zero-order valence-electron chi connectivity index (χ0n) is 13.4. The van der Waals surface area contributed by atoms with Gasteiger partial charge in [-0.2, -0.15) is 0 Å². The van der Waals surface area contributed by atoms with Crippen LogP contribution in [0.1, 0.15) is 24.1 Å². The van der Waals surface area contributed by atoms with Crippen LogP contribution in [0.3, 0.4) is 0 Å². The van der Waals surface area contributed by atoms with E-state index in [1.54, 1.807) is 0 Å². The van der Waals surface area contributed by atoms with E-state index in [0.29, 0.717) is 11.8 Å². The van der Waals surface area contributed by atoms with Crippen LogP contribution in [0.25, 0.3) is 0 Å². The summed E-state index contributed by atoms with van der Waals surface area (Å²) in [5, 5.41) is 5.50. The molecule has 0 bridgehead atoms. The summed E-state index contributed by atoms with van der Waals surface area (Å²) in [6.45, 7) is 7.07. The first-order chi connectivity index (χ1) is 10.3. The average molecular weight is 380 g/mol. The second-order valence-electron chi connectivity index (χ2n) is 6.13. The third-order valence-corrected chi connectivity index (χ3v) is 5.47. The molecule has 0 saturated carbocycles. The van der Waals surface area contributed by atoms with E-state index in [1.165, 1.54) is 11.3 Å². The van der Waals surface area contributed by atoms with Crippen LogP contribution in [0, 0.1) is 5.92 Å². The number of halogens is 2. The van der Waals surface area contributed by atoms with Crippen LogP contribution in [0.2, 0.25) is 0 Å². The van der Waals surface area contributed by atoms with Gasteiger partial charge < -0.3 is 10.2 Å². The van der Waals surface area contributed by atoms with Crippen LogP contribution >= 0.6 is 36.2 Å². The highest BCUT2D eigenvalue weighted by Crippen LogP contribution is 2.17. The molecule has 23 heavy (non-hydrogen) atoms. The fraction of sp³-hybridized carbons (Fsp3) is 0.688. The van der Waals surface area contributed by atoms with Gasteiger partial charge in [0.15, 0.2) is 0 Å². The van der Waals surface area contributed by atoms with Crippen LogP contribution < -0.4 is 5.32 Å². The van der Waals surface area contributed by atoms with Crippen molar-refractivity contribution in [3.63, 3.8) is 0 Å². The van der Waals surface area contributed by atoms with E-state index < -0.39 is 0 Å². The summed E-state index contributed by atoms with van der Waals surface area (Å²) < 4.78 is 0. The van der Waals surface area contributed by atoms with Crippen molar-refractivity contribution in [2.24, 2.45) is 5.92 Å². The summed E-state index contributed by atoms with van der Waals surface area (Å²) in [5.41, 5.74) is 0. The smallest absolute Gasteiger partial charge is 0.222 e. The molecule has 1 unspecified atom stereocenters. The number of piperazine rings is 1. The molecule has 2 aliphatic rings. The quantitative estimate of drug-likeness (QED) is 0.853. The maximum absolute atomic E-state index is 12.3. The molecule has 4 nitrogen and oxygen atoms in total. The van der Waals surface area contributed by atoms with E-state index >= 15 is 0 Å². The molecule has 1 aromatic heterocycles. The highest BCUT2D eigenvalue weighted by molar-refractivity contribution is 7.09. The van der Waals surface area contributed by atoms with Gasteiger partial charge in [0.2, 0.25) is 5.91 Å². The molecule has 1 amide bonds. The van der Waals surface area contributed by atoms with Crippen LogP contribution in [-0.2, 0) is 11.3 Å². The average Bonchev–Trinajstić information content (AvgIpc) is 3.19. The molecule has 7 heteroatoms. The lowest BCUT2D eigenvalue weighted by atomic mass is 10.0. The molecule has 0 aliphatic carbocycles. The van der Waals surface area contributed by atoms with E-state index in [4.69, 9.17) is 0 Å². The lowest BCUT2D eigenvalue weighted by molar-refractivity contribution is -0.133. The third-order valence-electron chi connectivity index (χ3n) is 4.61. The zero-order valence-corrected chi connectivity index (χ0v) is 15.9. The fourth-order valence-electron chi connectivity index (χ4n) is 3.22. The number of hydrogen-bond acceptors (Lipinski definition) is 4. The Labute approximate surface area is 155 Å². The van der Waals surface area contributed by atoms with E-state index in [-0.39, 0.29) is 24.8 Å². The van der Waals surface area contributed by atoms with Crippen molar-refractivity contribution in [2.45, 2.75) is 25.8 Å². The normalized spacial score (nSPS) is 21.6. The predicted octanol–water partition coefficient (Wildman–Crippen LogP) is 2.63. The van der Waals surface area contributed by atoms with Gasteiger partial charge in [0.1, 0.15) is 0 Å². The van der Waals surface area contributed by atoms with Gasteiger partial charge in [0.05, 0.1) is 0 Å². The monoisotopic (exact) mass is 379 g/mol. The van der Waals surface area contributed by atoms with Gasteiger partial charge in [-0.05, 0) is 43.3 Å². The first-order valence-electron chi connectivity index (χ1n) is 8.04. The molecular weight excluding hydrogens is 353 g/mol. The molecule has 2 saturated heterocycles. The van der Waals surface area contributed by atoms with Crippen LogP contribution in [-0.4, -0.2) is 55.0 Å². The molecule has 2 aliphatic heterocycles.